The van der Waals surface area contributed by atoms with E-state index in [4.69, 9.17) is 4.74 Å². The first-order valence-corrected chi connectivity index (χ1v) is 12.2. The molecule has 9 heteroatoms. The van der Waals surface area contributed by atoms with Crippen LogP contribution in [0, 0.1) is 6.92 Å². The smallest absolute Gasteiger partial charge is 0.240 e. The highest BCUT2D eigenvalue weighted by Crippen LogP contribution is 2.14. The Morgan fingerprint density at radius 1 is 1.12 bits per heavy atom. The van der Waals surface area contributed by atoms with Crippen LogP contribution >= 0.6 is 24.0 Å². The second-order valence-corrected chi connectivity index (χ2v) is 9.44. The summed E-state index contributed by atoms with van der Waals surface area (Å²) in [6.45, 7) is 7.00. The van der Waals surface area contributed by atoms with Gasteiger partial charge in [-0.25, -0.2) is 18.1 Å². The maximum atomic E-state index is 12.5. The number of aryl methyl sites for hydroxylation is 1. The number of halogens is 1. The van der Waals surface area contributed by atoms with Gasteiger partial charge in [0.2, 0.25) is 10.0 Å². The predicted molar refractivity (Wildman–Crippen MR) is 139 cm³/mol. The van der Waals surface area contributed by atoms with E-state index in [1.54, 1.807) is 12.1 Å². The molecular weight excluding hydrogens is 539 g/mol. The summed E-state index contributed by atoms with van der Waals surface area (Å²) in [5, 5.41) is 6.54. The van der Waals surface area contributed by atoms with E-state index in [2.05, 4.69) is 45.5 Å². The molecule has 0 radical (unpaired) electrons. The lowest BCUT2D eigenvalue weighted by molar-refractivity contribution is 0.114. The summed E-state index contributed by atoms with van der Waals surface area (Å²) in [5.41, 5.74) is 3.34. The molecular formula is C23H33IN4O3S. The van der Waals surface area contributed by atoms with Crippen LogP contribution in [0.2, 0.25) is 0 Å². The summed E-state index contributed by atoms with van der Waals surface area (Å²) in [6.07, 6.45) is 1.85. The van der Waals surface area contributed by atoms with Gasteiger partial charge in [0.15, 0.2) is 5.96 Å². The monoisotopic (exact) mass is 572 g/mol. The number of aliphatic imine (C=N–C) groups is 1. The quantitative estimate of drug-likeness (QED) is 0.244. The van der Waals surface area contributed by atoms with Gasteiger partial charge in [-0.1, -0.05) is 42.0 Å². The third-order valence-corrected chi connectivity index (χ3v) is 6.50. The lowest BCUT2D eigenvalue weighted by Crippen LogP contribution is -2.36. The van der Waals surface area contributed by atoms with Crippen LogP contribution in [0.5, 0.6) is 0 Å². The topological polar surface area (TPSA) is 91.8 Å². The van der Waals surface area contributed by atoms with Gasteiger partial charge in [-0.05, 0) is 49.9 Å². The number of benzene rings is 2. The van der Waals surface area contributed by atoms with E-state index >= 15 is 0 Å². The molecule has 1 fully saturated rings. The van der Waals surface area contributed by atoms with Gasteiger partial charge >= 0.3 is 0 Å². The number of nitrogens with one attached hydrogen (secondary N) is 3. The zero-order valence-electron chi connectivity index (χ0n) is 18.6. The molecule has 1 saturated heterocycles. The van der Waals surface area contributed by atoms with Gasteiger partial charge in [0.05, 0.1) is 17.5 Å². The van der Waals surface area contributed by atoms with Gasteiger partial charge < -0.3 is 15.4 Å². The molecule has 0 bridgehead atoms. The summed E-state index contributed by atoms with van der Waals surface area (Å²) in [7, 11) is -3.53. The first-order chi connectivity index (χ1) is 15.0. The average molecular weight is 573 g/mol. The molecule has 1 aliphatic heterocycles. The molecule has 1 aliphatic rings. The van der Waals surface area contributed by atoms with Gasteiger partial charge in [-0.2, -0.15) is 0 Å². The van der Waals surface area contributed by atoms with Crippen LogP contribution in [0.4, 0.5) is 0 Å². The van der Waals surface area contributed by atoms with E-state index in [1.807, 2.05) is 25.1 Å². The molecule has 1 heterocycles. The van der Waals surface area contributed by atoms with E-state index in [-0.39, 0.29) is 35.0 Å². The van der Waals surface area contributed by atoms with Gasteiger partial charge in [0.25, 0.3) is 0 Å². The Morgan fingerprint density at radius 2 is 1.91 bits per heavy atom. The third-order valence-electron chi connectivity index (χ3n) is 5.07. The largest absolute Gasteiger partial charge is 0.377 e. The van der Waals surface area contributed by atoms with E-state index < -0.39 is 10.0 Å². The van der Waals surface area contributed by atoms with E-state index in [0.29, 0.717) is 26.2 Å². The first kappa shape index (κ1) is 26.6. The van der Waals surface area contributed by atoms with Crippen LogP contribution in [0.1, 0.15) is 36.5 Å². The van der Waals surface area contributed by atoms with E-state index in [1.165, 1.54) is 5.56 Å². The van der Waals surface area contributed by atoms with Crippen molar-refractivity contribution in [2.75, 3.05) is 19.7 Å². The molecule has 2 aromatic carbocycles. The fourth-order valence-electron chi connectivity index (χ4n) is 3.39. The molecule has 32 heavy (non-hydrogen) atoms. The summed E-state index contributed by atoms with van der Waals surface area (Å²) in [5.74, 6) is 0.721. The number of nitrogens with zero attached hydrogens (tertiary/aromatic N) is 1. The van der Waals surface area contributed by atoms with Crippen LogP contribution in [0.15, 0.2) is 58.4 Å². The molecule has 176 valence electrons. The number of sulfonamides is 1. The van der Waals surface area contributed by atoms with Crippen molar-refractivity contribution in [2.24, 2.45) is 4.99 Å². The number of rotatable bonds is 9. The Balaban J connectivity index is 0.00000363. The zero-order chi connectivity index (χ0) is 22.1. The standard InChI is InChI=1S/C23H32N4O3S.HI/c1-3-24-23(26-16-20-7-4-6-18(2)14-20)25-15-19-9-11-22(12-10-19)31(28,29)27-17-21-8-5-13-30-21;/h4,6-7,9-12,14,21,27H,3,5,8,13,15-17H2,1-2H3,(H2,24,25,26);1H. The van der Waals surface area contributed by atoms with E-state index in [9.17, 15) is 8.42 Å². The Bertz CT molecular complexity index is 975. The number of hydrogen-bond acceptors (Lipinski definition) is 4. The van der Waals surface area contributed by atoms with Crippen LogP contribution in [0.25, 0.3) is 0 Å². The van der Waals surface area contributed by atoms with Crippen molar-refractivity contribution >= 4 is 40.0 Å². The molecule has 0 amide bonds. The molecule has 0 spiro atoms. The molecule has 1 atom stereocenters. The highest BCUT2D eigenvalue weighted by molar-refractivity contribution is 14.0. The maximum absolute atomic E-state index is 12.5. The van der Waals surface area contributed by atoms with Crippen molar-refractivity contribution in [2.45, 2.75) is 50.8 Å². The predicted octanol–water partition coefficient (Wildman–Crippen LogP) is 3.33. The minimum absolute atomic E-state index is 0. The fourth-order valence-corrected chi connectivity index (χ4v) is 4.45. The third kappa shape index (κ3) is 8.34. The number of hydrogen-bond donors (Lipinski definition) is 3. The molecule has 0 saturated carbocycles. The molecule has 7 nitrogen and oxygen atoms in total. The summed E-state index contributed by atoms with van der Waals surface area (Å²) in [6, 6.07) is 15.2. The summed E-state index contributed by atoms with van der Waals surface area (Å²) < 4.78 is 33.1. The van der Waals surface area contributed by atoms with Crippen LogP contribution in [0.3, 0.4) is 0 Å². The van der Waals surface area contributed by atoms with E-state index in [0.717, 1.165) is 36.5 Å². The second-order valence-electron chi connectivity index (χ2n) is 7.67. The summed E-state index contributed by atoms with van der Waals surface area (Å²) in [4.78, 5) is 4.89. The van der Waals surface area contributed by atoms with Gasteiger partial charge in [0.1, 0.15) is 0 Å². The lowest BCUT2D eigenvalue weighted by atomic mass is 10.1. The van der Waals surface area contributed by atoms with Crippen molar-refractivity contribution in [3.8, 4) is 0 Å². The fraction of sp³-hybridized carbons (Fsp3) is 0.435. The minimum Gasteiger partial charge on any atom is -0.377 e. The number of guanidine groups is 1. The minimum atomic E-state index is -3.53. The van der Waals surface area contributed by atoms with Crippen molar-refractivity contribution in [3.63, 3.8) is 0 Å². The molecule has 3 rings (SSSR count). The van der Waals surface area contributed by atoms with Crippen LogP contribution < -0.4 is 15.4 Å². The van der Waals surface area contributed by atoms with Crippen LogP contribution in [-0.2, 0) is 27.8 Å². The Kier molecular flexibility index (Phi) is 10.9. The van der Waals surface area contributed by atoms with Crippen molar-refractivity contribution in [1.29, 1.82) is 0 Å². The molecule has 1 unspecified atom stereocenters. The van der Waals surface area contributed by atoms with Crippen molar-refractivity contribution in [3.05, 3.63) is 65.2 Å². The van der Waals surface area contributed by atoms with Gasteiger partial charge in [0, 0.05) is 26.2 Å². The molecule has 3 N–H and O–H groups in total. The Morgan fingerprint density at radius 3 is 2.56 bits per heavy atom. The van der Waals surface area contributed by atoms with Crippen molar-refractivity contribution in [1.82, 2.24) is 15.4 Å². The molecule has 0 aliphatic carbocycles. The molecule has 2 aromatic rings. The van der Waals surface area contributed by atoms with Crippen molar-refractivity contribution < 1.29 is 13.2 Å². The zero-order valence-corrected chi connectivity index (χ0v) is 21.8. The SMILES string of the molecule is CCNC(=NCc1cccc(C)c1)NCc1ccc(S(=O)(=O)NCC2CCCO2)cc1.I. The normalized spacial score (nSPS) is 16.4. The number of ether oxygens (including phenoxy) is 1. The first-order valence-electron chi connectivity index (χ1n) is 10.7. The Labute approximate surface area is 208 Å². The lowest BCUT2D eigenvalue weighted by Gasteiger charge is -2.13. The van der Waals surface area contributed by atoms with Gasteiger partial charge in [-0.15, -0.1) is 24.0 Å². The second kappa shape index (κ2) is 13.1. The van der Waals surface area contributed by atoms with Crippen LogP contribution in [-0.4, -0.2) is 40.2 Å². The average Bonchev–Trinajstić information content (AvgIpc) is 3.29. The maximum Gasteiger partial charge on any atom is 0.240 e. The molecule has 0 aromatic heterocycles. The van der Waals surface area contributed by atoms with Gasteiger partial charge in [-0.3, -0.25) is 0 Å². The summed E-state index contributed by atoms with van der Waals surface area (Å²) >= 11 is 0. The highest BCUT2D eigenvalue weighted by Gasteiger charge is 2.20. The highest BCUT2D eigenvalue weighted by atomic mass is 127. The Hall–Kier alpha value is -1.69.